The third-order valence-electron chi connectivity index (χ3n) is 29.6. The van der Waals surface area contributed by atoms with Gasteiger partial charge in [-0.1, -0.05) is 446 Å². The second-order valence-electron chi connectivity index (χ2n) is 37.4. The highest BCUT2D eigenvalue weighted by molar-refractivity contribution is 7.00. The molecule has 0 saturated carbocycles. The van der Waals surface area contributed by atoms with Crippen LogP contribution in [0.1, 0.15) is 408 Å². The van der Waals surface area contributed by atoms with Crippen molar-refractivity contribution in [2.75, 3.05) is 0 Å². The summed E-state index contributed by atoms with van der Waals surface area (Å²) in [5.41, 5.74) is 36.8. The van der Waals surface area contributed by atoms with Crippen molar-refractivity contribution in [2.45, 2.75) is 385 Å². The SMILES string of the molecule is CCCCCCCCC1(CCCCCCCC)c2ccccc2-c2ccc(-c3ccc4c(c3)C(CCCCCC)(CCCCCC)c3cc(-c5ccc(-c6ccc7c(c6)C(CCCCCC)(CCCCCC)c6cc(-c8ccc9c(c8)C(CCCCCCCC)(CCCCCCCC)c8ccccc8-9)ccc6-7)c6nsnc56)ccc3-4)cc21. The summed E-state index contributed by atoms with van der Waals surface area (Å²) < 4.78 is 10.7. The molecule has 0 spiro atoms. The zero-order chi connectivity index (χ0) is 80.9. The predicted molar refractivity (Wildman–Crippen MR) is 511 cm³/mol. The Morgan fingerprint density at radius 2 is 0.359 bits per heavy atom. The Bertz CT molecular complexity index is 4480. The maximum atomic E-state index is 5.36. The van der Waals surface area contributed by atoms with Crippen molar-refractivity contribution in [1.82, 2.24) is 8.75 Å². The molecule has 620 valence electrons. The Morgan fingerprint density at radius 3 is 0.607 bits per heavy atom. The molecule has 4 aliphatic carbocycles. The minimum absolute atomic E-state index is 0.0406. The summed E-state index contributed by atoms with van der Waals surface area (Å²) in [7, 11) is 0. The van der Waals surface area contributed by atoms with E-state index in [1.165, 1.54) is 409 Å². The Balaban J connectivity index is 0.825. The summed E-state index contributed by atoms with van der Waals surface area (Å²) in [4.78, 5) is 0. The summed E-state index contributed by atoms with van der Waals surface area (Å²) in [6.45, 7) is 18.9. The first-order valence-electron chi connectivity index (χ1n) is 49.0. The molecule has 0 amide bonds. The van der Waals surface area contributed by atoms with Crippen molar-refractivity contribution < 1.29 is 0 Å². The molecule has 9 aromatic carbocycles. The van der Waals surface area contributed by atoms with Gasteiger partial charge < -0.3 is 0 Å². The van der Waals surface area contributed by atoms with Gasteiger partial charge in [-0.25, -0.2) is 0 Å². The molecule has 1 aromatic heterocycles. The molecule has 0 bridgehead atoms. The van der Waals surface area contributed by atoms with E-state index in [4.69, 9.17) is 8.75 Å². The summed E-state index contributed by atoms with van der Waals surface area (Å²) in [5, 5.41) is 0. The van der Waals surface area contributed by atoms with Crippen LogP contribution < -0.4 is 0 Å². The Morgan fingerprint density at radius 1 is 0.179 bits per heavy atom. The fraction of sp³-hybridized carbons (Fsp3) is 0.526. The smallest absolute Gasteiger partial charge is 0.113 e. The fourth-order valence-corrected chi connectivity index (χ4v) is 23.8. The first-order valence-corrected chi connectivity index (χ1v) is 49.8. The van der Waals surface area contributed by atoms with Crippen molar-refractivity contribution in [1.29, 1.82) is 0 Å². The average molecular weight is 1580 g/mol. The van der Waals surface area contributed by atoms with Gasteiger partial charge in [-0.2, -0.15) is 8.75 Å². The maximum Gasteiger partial charge on any atom is 0.113 e. The van der Waals surface area contributed by atoms with E-state index in [0.29, 0.717) is 0 Å². The van der Waals surface area contributed by atoms with Gasteiger partial charge >= 0.3 is 0 Å². The van der Waals surface area contributed by atoms with Crippen LogP contribution in [0, 0.1) is 0 Å². The highest BCUT2D eigenvalue weighted by Crippen LogP contribution is 2.62. The molecule has 0 atom stereocenters. The van der Waals surface area contributed by atoms with E-state index in [9.17, 15) is 0 Å². The maximum absolute atomic E-state index is 5.36. The quantitative estimate of drug-likeness (QED) is 0.0355. The molecule has 0 fully saturated rings. The molecule has 0 radical (unpaired) electrons. The van der Waals surface area contributed by atoms with Gasteiger partial charge in [-0.05, 0) is 210 Å². The van der Waals surface area contributed by atoms with Gasteiger partial charge in [0.2, 0.25) is 0 Å². The van der Waals surface area contributed by atoms with Crippen molar-refractivity contribution in [3.8, 4) is 89.0 Å². The van der Waals surface area contributed by atoms with Crippen LogP contribution in [-0.4, -0.2) is 8.75 Å². The lowest BCUT2D eigenvalue weighted by Gasteiger charge is -2.34. The monoisotopic (exact) mass is 1580 g/mol. The molecule has 1 heterocycles. The van der Waals surface area contributed by atoms with Crippen LogP contribution in [0.3, 0.4) is 0 Å². The average Bonchev–Trinajstić information content (AvgIpc) is 1.58. The number of benzene rings is 9. The number of nitrogens with zero attached hydrogens (tertiary/aromatic N) is 2. The minimum atomic E-state index is -0.105. The zero-order valence-corrected chi connectivity index (χ0v) is 75.2. The Kier molecular flexibility index (Phi) is 30.8. The topological polar surface area (TPSA) is 25.8 Å². The van der Waals surface area contributed by atoms with Crippen molar-refractivity contribution in [3.05, 3.63) is 214 Å². The summed E-state index contributed by atoms with van der Waals surface area (Å²) >= 11 is 1.40. The lowest BCUT2D eigenvalue weighted by atomic mass is 9.69. The lowest BCUT2D eigenvalue weighted by Crippen LogP contribution is -2.26. The van der Waals surface area contributed by atoms with Crippen molar-refractivity contribution in [2.24, 2.45) is 0 Å². The van der Waals surface area contributed by atoms with Gasteiger partial charge in [0.25, 0.3) is 0 Å². The molecule has 4 aliphatic rings. The van der Waals surface area contributed by atoms with E-state index >= 15 is 0 Å². The van der Waals surface area contributed by atoms with Crippen LogP contribution in [-0.2, 0) is 21.7 Å². The third-order valence-corrected chi connectivity index (χ3v) is 30.1. The molecule has 2 nitrogen and oxygen atoms in total. The third kappa shape index (κ3) is 18.4. The molecule has 3 heteroatoms. The standard InChI is InChI=1S/C114H148N2S/c1-9-17-25-33-37-49-71-111(72-50-38-34-26-18-10-2)101-55-43-41-53-93(101)95-63-57-85(79-103(95)111)87-59-65-97-99-67-61-89(83-107(99)113(105(97)81-87,75-45-29-21-13-5)76-46-30-22-14-6)91-69-70-92(110-109(91)115-117-116-110)90-62-68-100-98-66-60-88(82-106(98)114(108(100)84-90,77-47-31-23-15-7)78-48-32-24-16-8)86-58-64-96-94-54-42-44-56-102(94)112(104(96)80-86,73-51-39-35-27-19-11-3)74-52-40-36-28-20-12-4/h41-44,53-70,79-84H,9-40,45-52,71-78H2,1-8H3. The van der Waals surface area contributed by atoms with Crippen LogP contribution in [0.2, 0.25) is 0 Å². The molecule has 0 N–H and O–H groups in total. The Hall–Kier alpha value is -7.20. The largest absolute Gasteiger partial charge is 0.172 e. The first-order chi connectivity index (χ1) is 57.7. The zero-order valence-electron chi connectivity index (χ0n) is 74.4. The molecule has 10 aromatic rings. The van der Waals surface area contributed by atoms with E-state index in [2.05, 4.69) is 225 Å². The van der Waals surface area contributed by atoms with Crippen molar-refractivity contribution in [3.63, 3.8) is 0 Å². The van der Waals surface area contributed by atoms with Gasteiger partial charge in [0.1, 0.15) is 11.0 Å². The predicted octanol–water partition coefficient (Wildman–Crippen LogP) is 36.3. The molecular weight excluding hydrogens is 1430 g/mol. The summed E-state index contributed by atoms with van der Waals surface area (Å²) in [6, 6.07) is 70.6. The van der Waals surface area contributed by atoms with Gasteiger partial charge in [0.05, 0.1) is 11.7 Å². The molecular formula is C114H148N2S. The van der Waals surface area contributed by atoms with E-state index in [1.54, 1.807) is 44.5 Å². The van der Waals surface area contributed by atoms with E-state index in [1.807, 2.05) is 0 Å². The number of fused-ring (bicyclic) bond motifs is 13. The van der Waals surface area contributed by atoms with Gasteiger partial charge in [0, 0.05) is 32.8 Å². The lowest BCUT2D eigenvalue weighted by molar-refractivity contribution is 0.398. The number of rotatable bonds is 52. The van der Waals surface area contributed by atoms with Gasteiger partial charge in [-0.15, -0.1) is 0 Å². The second-order valence-corrected chi connectivity index (χ2v) is 37.9. The number of hydrogen-bond acceptors (Lipinski definition) is 3. The minimum Gasteiger partial charge on any atom is -0.172 e. The first kappa shape index (κ1) is 86.2. The van der Waals surface area contributed by atoms with E-state index in [-0.39, 0.29) is 21.7 Å². The van der Waals surface area contributed by atoms with Crippen LogP contribution in [0.15, 0.2) is 170 Å². The molecule has 14 rings (SSSR count). The van der Waals surface area contributed by atoms with Gasteiger partial charge in [-0.3, -0.25) is 0 Å². The molecule has 117 heavy (non-hydrogen) atoms. The molecule has 0 aliphatic heterocycles. The number of unbranched alkanes of at least 4 members (excludes halogenated alkanes) is 32. The van der Waals surface area contributed by atoms with Crippen LogP contribution in [0.4, 0.5) is 0 Å². The van der Waals surface area contributed by atoms with E-state index in [0.717, 1.165) is 11.0 Å². The summed E-state index contributed by atoms with van der Waals surface area (Å²) in [5.74, 6) is 0. The number of aromatic nitrogens is 2. The van der Waals surface area contributed by atoms with Crippen LogP contribution in [0.25, 0.3) is 100 Å². The summed E-state index contributed by atoms with van der Waals surface area (Å²) in [6.07, 6.45) is 61.7. The molecule has 0 saturated heterocycles. The highest BCUT2D eigenvalue weighted by atomic mass is 32.1. The fourth-order valence-electron chi connectivity index (χ4n) is 23.2. The van der Waals surface area contributed by atoms with E-state index < -0.39 is 0 Å². The normalized spacial score (nSPS) is 14.5. The Labute approximate surface area is 715 Å². The van der Waals surface area contributed by atoms with Crippen LogP contribution in [0.5, 0.6) is 0 Å². The van der Waals surface area contributed by atoms with Gasteiger partial charge in [0.15, 0.2) is 0 Å². The second kappa shape index (κ2) is 41.9. The molecule has 0 unspecified atom stereocenters. The van der Waals surface area contributed by atoms with Crippen molar-refractivity contribution >= 4 is 22.8 Å². The van der Waals surface area contributed by atoms with Crippen LogP contribution >= 0.6 is 11.7 Å². The number of hydrogen-bond donors (Lipinski definition) is 0. The highest BCUT2D eigenvalue weighted by Gasteiger charge is 2.48.